The van der Waals surface area contributed by atoms with E-state index < -0.39 is 0 Å². The standard InChI is InChI=1S/C28H30N2O2S/c1-29(28(32)25-16-19-33-21-25)26(20-23-10-6-3-7-11-23)24-14-17-30(18-15-24)27(31)13-12-22-8-4-2-5-9-22/h2-13,16,19,21,24,26H,14-15,17-18,20H2,1H3/b13-12+. The summed E-state index contributed by atoms with van der Waals surface area (Å²) in [6.45, 7) is 1.43. The Balaban J connectivity index is 1.43. The SMILES string of the molecule is CN(C(=O)c1ccsc1)C(Cc1ccccc1)C1CCN(C(=O)/C=C/c2ccccc2)CC1. The minimum atomic E-state index is 0.0552. The van der Waals surface area contributed by atoms with E-state index in [-0.39, 0.29) is 17.9 Å². The molecule has 1 aromatic heterocycles. The molecule has 4 rings (SSSR count). The number of nitrogens with zero attached hydrogens (tertiary/aromatic N) is 2. The van der Waals surface area contributed by atoms with Crippen LogP contribution in [0.2, 0.25) is 0 Å². The molecule has 1 fully saturated rings. The van der Waals surface area contributed by atoms with Gasteiger partial charge in [-0.2, -0.15) is 11.3 Å². The van der Waals surface area contributed by atoms with E-state index in [4.69, 9.17) is 0 Å². The lowest BCUT2D eigenvalue weighted by Crippen LogP contribution is -2.48. The Labute approximate surface area is 200 Å². The average molecular weight is 459 g/mol. The first kappa shape index (κ1) is 23.0. The van der Waals surface area contributed by atoms with Gasteiger partial charge in [0.2, 0.25) is 5.91 Å². The molecule has 4 nitrogen and oxygen atoms in total. The zero-order chi connectivity index (χ0) is 23.0. The minimum Gasteiger partial charge on any atom is -0.339 e. The number of rotatable bonds is 7. The molecule has 1 aliphatic rings. The van der Waals surface area contributed by atoms with E-state index in [1.165, 1.54) is 5.56 Å². The van der Waals surface area contributed by atoms with Gasteiger partial charge in [0.05, 0.1) is 5.56 Å². The number of likely N-dealkylation sites (tertiary alicyclic amines) is 1. The molecule has 0 spiro atoms. The van der Waals surface area contributed by atoms with Crippen LogP contribution in [0.1, 0.15) is 34.3 Å². The smallest absolute Gasteiger partial charge is 0.254 e. The monoisotopic (exact) mass is 458 g/mol. The van der Waals surface area contributed by atoms with Crippen molar-refractivity contribution in [3.05, 3.63) is 100 Å². The average Bonchev–Trinajstić information content (AvgIpc) is 3.41. The molecule has 1 atom stereocenters. The lowest BCUT2D eigenvalue weighted by molar-refractivity contribution is -0.127. The summed E-state index contributed by atoms with van der Waals surface area (Å²) in [7, 11) is 1.92. The molecule has 2 heterocycles. The Hall–Kier alpha value is -3.18. The second kappa shape index (κ2) is 11.1. The van der Waals surface area contributed by atoms with Gasteiger partial charge in [0.1, 0.15) is 0 Å². The summed E-state index contributed by atoms with van der Waals surface area (Å²) in [5.41, 5.74) is 3.01. The van der Waals surface area contributed by atoms with Crippen LogP contribution in [-0.2, 0) is 11.2 Å². The van der Waals surface area contributed by atoms with Crippen LogP contribution in [0.5, 0.6) is 0 Å². The Morgan fingerprint density at radius 2 is 1.70 bits per heavy atom. The molecule has 170 valence electrons. The lowest BCUT2D eigenvalue weighted by Gasteiger charge is -2.40. The highest BCUT2D eigenvalue weighted by atomic mass is 32.1. The van der Waals surface area contributed by atoms with Gasteiger partial charge in [-0.1, -0.05) is 60.7 Å². The number of amides is 2. The maximum atomic E-state index is 13.1. The Morgan fingerprint density at radius 3 is 2.33 bits per heavy atom. The summed E-state index contributed by atoms with van der Waals surface area (Å²) in [6, 6.07) is 22.2. The number of thiophene rings is 1. The van der Waals surface area contributed by atoms with E-state index in [1.54, 1.807) is 17.4 Å². The van der Waals surface area contributed by atoms with Crippen LogP contribution in [0.25, 0.3) is 6.08 Å². The fourth-order valence-electron chi connectivity index (χ4n) is 4.56. The summed E-state index contributed by atoms with van der Waals surface area (Å²) in [6.07, 6.45) is 6.15. The van der Waals surface area contributed by atoms with Gasteiger partial charge >= 0.3 is 0 Å². The second-order valence-corrected chi connectivity index (χ2v) is 9.37. The van der Waals surface area contributed by atoms with E-state index in [2.05, 4.69) is 12.1 Å². The van der Waals surface area contributed by atoms with Crippen LogP contribution >= 0.6 is 11.3 Å². The summed E-state index contributed by atoms with van der Waals surface area (Å²) in [5.74, 6) is 0.473. The fraction of sp³-hybridized carbons (Fsp3) is 0.286. The second-order valence-electron chi connectivity index (χ2n) is 8.59. The van der Waals surface area contributed by atoms with Gasteiger partial charge in [-0.3, -0.25) is 9.59 Å². The van der Waals surface area contributed by atoms with Crippen molar-refractivity contribution in [2.45, 2.75) is 25.3 Å². The zero-order valence-electron chi connectivity index (χ0n) is 19.0. The van der Waals surface area contributed by atoms with E-state index >= 15 is 0 Å². The van der Waals surface area contributed by atoms with Crippen molar-refractivity contribution in [1.29, 1.82) is 0 Å². The van der Waals surface area contributed by atoms with Gasteiger partial charge < -0.3 is 9.80 Å². The number of piperidine rings is 1. The highest BCUT2D eigenvalue weighted by molar-refractivity contribution is 7.08. The molecule has 1 saturated heterocycles. The fourth-order valence-corrected chi connectivity index (χ4v) is 5.19. The molecular weight excluding hydrogens is 428 g/mol. The van der Waals surface area contributed by atoms with Gasteiger partial charge in [0.25, 0.3) is 5.91 Å². The summed E-state index contributed by atoms with van der Waals surface area (Å²) in [5, 5.41) is 3.86. The van der Waals surface area contributed by atoms with E-state index in [0.717, 1.165) is 30.4 Å². The first-order valence-corrected chi connectivity index (χ1v) is 12.4. The molecule has 0 N–H and O–H groups in total. The Kier molecular flexibility index (Phi) is 7.74. The third kappa shape index (κ3) is 5.99. The first-order valence-electron chi connectivity index (χ1n) is 11.5. The van der Waals surface area contributed by atoms with Crippen molar-refractivity contribution >= 4 is 29.2 Å². The third-order valence-corrected chi connectivity index (χ3v) is 7.17. The van der Waals surface area contributed by atoms with Gasteiger partial charge in [-0.15, -0.1) is 0 Å². The van der Waals surface area contributed by atoms with Crippen molar-refractivity contribution in [2.24, 2.45) is 5.92 Å². The summed E-state index contributed by atoms with van der Waals surface area (Å²) < 4.78 is 0. The zero-order valence-corrected chi connectivity index (χ0v) is 19.8. The molecular formula is C28H30N2O2S. The topological polar surface area (TPSA) is 40.6 Å². The van der Waals surface area contributed by atoms with Crippen LogP contribution in [0.4, 0.5) is 0 Å². The van der Waals surface area contributed by atoms with E-state index in [1.807, 2.05) is 88.3 Å². The molecule has 33 heavy (non-hydrogen) atoms. The molecule has 3 aromatic rings. The molecule has 2 aromatic carbocycles. The predicted octanol–water partition coefficient (Wildman–Crippen LogP) is 5.38. The number of likely N-dealkylation sites (N-methyl/N-ethyl adjacent to an activating group) is 1. The number of hydrogen-bond donors (Lipinski definition) is 0. The third-order valence-electron chi connectivity index (χ3n) is 6.49. The molecule has 0 saturated carbocycles. The van der Waals surface area contributed by atoms with Gasteiger partial charge in [0.15, 0.2) is 0 Å². The van der Waals surface area contributed by atoms with Crippen LogP contribution in [-0.4, -0.2) is 47.8 Å². The molecule has 0 bridgehead atoms. The summed E-state index contributed by atoms with van der Waals surface area (Å²) >= 11 is 1.54. The lowest BCUT2D eigenvalue weighted by atomic mass is 9.84. The number of carbonyl (C=O) groups is 2. The van der Waals surface area contributed by atoms with E-state index in [9.17, 15) is 9.59 Å². The van der Waals surface area contributed by atoms with Crippen LogP contribution in [0.3, 0.4) is 0 Å². The highest BCUT2D eigenvalue weighted by Crippen LogP contribution is 2.28. The van der Waals surface area contributed by atoms with Crippen molar-refractivity contribution < 1.29 is 9.59 Å². The maximum absolute atomic E-state index is 13.1. The van der Waals surface area contributed by atoms with Crippen molar-refractivity contribution in [3.8, 4) is 0 Å². The molecule has 1 aliphatic heterocycles. The minimum absolute atomic E-state index is 0.0552. The van der Waals surface area contributed by atoms with Gasteiger partial charge in [0, 0.05) is 37.6 Å². The van der Waals surface area contributed by atoms with Gasteiger partial charge in [-0.25, -0.2) is 0 Å². The number of benzene rings is 2. The Bertz CT molecular complexity index is 1060. The van der Waals surface area contributed by atoms with Gasteiger partial charge in [-0.05, 0) is 53.8 Å². The Morgan fingerprint density at radius 1 is 1.03 bits per heavy atom. The van der Waals surface area contributed by atoms with Crippen molar-refractivity contribution in [2.75, 3.05) is 20.1 Å². The van der Waals surface area contributed by atoms with Crippen LogP contribution < -0.4 is 0 Å². The predicted molar refractivity (Wildman–Crippen MR) is 135 cm³/mol. The summed E-state index contributed by atoms with van der Waals surface area (Å²) in [4.78, 5) is 29.7. The quantitative estimate of drug-likeness (QED) is 0.446. The molecule has 2 amide bonds. The van der Waals surface area contributed by atoms with Crippen molar-refractivity contribution in [1.82, 2.24) is 9.80 Å². The molecule has 1 unspecified atom stereocenters. The van der Waals surface area contributed by atoms with E-state index in [0.29, 0.717) is 19.0 Å². The molecule has 0 aliphatic carbocycles. The van der Waals surface area contributed by atoms with Crippen LogP contribution in [0, 0.1) is 5.92 Å². The maximum Gasteiger partial charge on any atom is 0.254 e. The first-order chi connectivity index (χ1) is 16.1. The molecule has 0 radical (unpaired) electrons. The largest absolute Gasteiger partial charge is 0.339 e. The van der Waals surface area contributed by atoms with Crippen molar-refractivity contribution in [3.63, 3.8) is 0 Å². The van der Waals surface area contributed by atoms with Crippen LogP contribution in [0.15, 0.2) is 83.6 Å². The normalized spacial score (nSPS) is 15.5. The number of hydrogen-bond acceptors (Lipinski definition) is 3. The highest BCUT2D eigenvalue weighted by Gasteiger charge is 2.32. The number of carbonyl (C=O) groups excluding carboxylic acids is 2. The molecule has 5 heteroatoms.